The molecule has 2 N–H and O–H groups in total. The van der Waals surface area contributed by atoms with Gasteiger partial charge in [-0.05, 0) is 32.9 Å². The highest BCUT2D eigenvalue weighted by Crippen LogP contribution is 2.38. The predicted molar refractivity (Wildman–Crippen MR) is 138 cm³/mol. The van der Waals surface area contributed by atoms with E-state index in [2.05, 4.69) is 10.3 Å². The van der Waals surface area contributed by atoms with Crippen LogP contribution in [0, 0.1) is 0 Å². The van der Waals surface area contributed by atoms with Crippen LogP contribution < -0.4 is 5.32 Å². The Bertz CT molecular complexity index is 1220. The fourth-order valence-corrected chi connectivity index (χ4v) is 5.32. The fraction of sp³-hybridized carbons (Fsp3) is 0.417. The molecule has 0 saturated carbocycles. The van der Waals surface area contributed by atoms with Gasteiger partial charge in [0.15, 0.2) is 10.8 Å². The summed E-state index contributed by atoms with van der Waals surface area (Å²) in [6.07, 6.45) is 1.66. The zero-order chi connectivity index (χ0) is 26.0. The molecule has 2 aliphatic rings. The van der Waals surface area contributed by atoms with E-state index in [1.807, 2.05) is 19.2 Å². The molecule has 4 rings (SSSR count). The summed E-state index contributed by atoms with van der Waals surface area (Å²) < 4.78 is 11.2. The number of hydrogen-bond donors (Lipinski definition) is 2. The van der Waals surface area contributed by atoms with Crippen LogP contribution in [0.5, 0.6) is 0 Å². The lowest BCUT2D eigenvalue weighted by atomic mass is 9.94. The number of rotatable bonds is 7. The Balaban J connectivity index is 1.85. The molecule has 1 fully saturated rings. The molecule has 9 nitrogen and oxygen atoms in total. The quantitative estimate of drug-likeness (QED) is 0.497. The number of carboxylic acids is 1. The van der Waals surface area contributed by atoms with Crippen molar-refractivity contribution in [2.45, 2.75) is 38.5 Å². The van der Waals surface area contributed by atoms with Gasteiger partial charge in [0.2, 0.25) is 0 Å². The number of aliphatic imine (C=N–C) groups is 1. The van der Waals surface area contributed by atoms with E-state index >= 15 is 0 Å². The SMILES string of the molecule is CCOC(=O)C1=C(CN2CC(C)(C)OCC2C(=O)O)NC(c2nccs2)=NC1c1ccc(Cl)cc1Cl. The molecule has 1 saturated heterocycles. The molecule has 0 aliphatic carbocycles. The number of aliphatic carboxylic acids is 1. The van der Waals surface area contributed by atoms with E-state index in [-0.39, 0.29) is 25.3 Å². The summed E-state index contributed by atoms with van der Waals surface area (Å²) in [5.41, 5.74) is 0.703. The Labute approximate surface area is 222 Å². The number of halogens is 2. The van der Waals surface area contributed by atoms with Crippen LogP contribution in [0.4, 0.5) is 0 Å². The summed E-state index contributed by atoms with van der Waals surface area (Å²) in [6, 6.07) is 3.28. The maximum absolute atomic E-state index is 13.3. The highest BCUT2D eigenvalue weighted by atomic mass is 35.5. The van der Waals surface area contributed by atoms with Crippen molar-refractivity contribution in [3.8, 4) is 0 Å². The molecule has 0 spiro atoms. The van der Waals surface area contributed by atoms with Gasteiger partial charge in [-0.3, -0.25) is 14.7 Å². The lowest BCUT2D eigenvalue weighted by Gasteiger charge is -2.42. The normalized spacial score (nSPS) is 22.1. The number of thiazole rings is 1. The summed E-state index contributed by atoms with van der Waals surface area (Å²) >= 11 is 14.1. The van der Waals surface area contributed by atoms with E-state index < -0.39 is 29.6 Å². The number of esters is 1. The fourth-order valence-electron chi connectivity index (χ4n) is 4.22. The molecule has 12 heteroatoms. The number of morpholine rings is 1. The standard InChI is InChI=1S/C24H26Cl2N4O5S/c1-4-34-23(33)18-16(10-30-12-24(2,3)35-11-17(30)22(31)32)28-20(21-27-7-8-36-21)29-19(18)14-6-5-13(25)9-15(14)26/h5-9,17,19H,4,10-12H2,1-3H3,(H,28,29)(H,31,32). The number of nitrogens with one attached hydrogen (secondary N) is 1. The van der Waals surface area contributed by atoms with Gasteiger partial charge in [-0.15, -0.1) is 11.3 Å². The smallest absolute Gasteiger partial charge is 0.338 e. The first-order valence-corrected chi connectivity index (χ1v) is 12.9. The van der Waals surface area contributed by atoms with Gasteiger partial charge in [0, 0.05) is 46.0 Å². The topological polar surface area (TPSA) is 113 Å². The number of carbonyl (C=O) groups is 2. The number of hydrogen-bond acceptors (Lipinski definition) is 9. The van der Waals surface area contributed by atoms with Crippen molar-refractivity contribution in [1.29, 1.82) is 0 Å². The van der Waals surface area contributed by atoms with Crippen molar-refractivity contribution in [3.05, 3.63) is 61.7 Å². The minimum Gasteiger partial charge on any atom is -0.480 e. The average molecular weight is 553 g/mol. The van der Waals surface area contributed by atoms with E-state index in [1.54, 1.807) is 36.2 Å². The van der Waals surface area contributed by atoms with E-state index in [1.165, 1.54) is 11.3 Å². The summed E-state index contributed by atoms with van der Waals surface area (Å²) in [6.45, 7) is 6.13. The second kappa shape index (κ2) is 10.9. The van der Waals surface area contributed by atoms with Gasteiger partial charge in [0.05, 0.1) is 24.4 Å². The highest BCUT2D eigenvalue weighted by molar-refractivity contribution is 7.11. The number of amidine groups is 1. The minimum atomic E-state index is -1.01. The third-order valence-corrected chi connectivity index (χ3v) is 7.16. The Morgan fingerprint density at radius 2 is 2.14 bits per heavy atom. The van der Waals surface area contributed by atoms with Crippen LogP contribution in [0.15, 0.2) is 46.0 Å². The predicted octanol–water partition coefficient (Wildman–Crippen LogP) is 3.92. The van der Waals surface area contributed by atoms with E-state index in [9.17, 15) is 14.7 Å². The molecule has 2 aromatic rings. The van der Waals surface area contributed by atoms with Crippen molar-refractivity contribution in [1.82, 2.24) is 15.2 Å². The lowest BCUT2D eigenvalue weighted by molar-refractivity contribution is -0.161. The maximum atomic E-state index is 13.3. The molecule has 2 aliphatic heterocycles. The first-order valence-electron chi connectivity index (χ1n) is 11.3. The molecule has 1 aromatic heterocycles. The van der Waals surface area contributed by atoms with Crippen molar-refractivity contribution in [2.24, 2.45) is 4.99 Å². The van der Waals surface area contributed by atoms with Gasteiger partial charge in [-0.1, -0.05) is 29.3 Å². The number of carbonyl (C=O) groups excluding carboxylic acids is 1. The Kier molecular flexibility index (Phi) is 8.01. The van der Waals surface area contributed by atoms with Gasteiger partial charge in [-0.2, -0.15) is 0 Å². The molecular weight excluding hydrogens is 527 g/mol. The zero-order valence-electron chi connectivity index (χ0n) is 20.0. The minimum absolute atomic E-state index is 0.0181. The molecule has 2 unspecified atom stereocenters. The zero-order valence-corrected chi connectivity index (χ0v) is 22.3. The Morgan fingerprint density at radius 1 is 1.36 bits per heavy atom. The summed E-state index contributed by atoms with van der Waals surface area (Å²) in [5, 5.41) is 16.3. The van der Waals surface area contributed by atoms with Crippen LogP contribution in [0.3, 0.4) is 0 Å². The first kappa shape index (κ1) is 26.6. The van der Waals surface area contributed by atoms with Crippen molar-refractivity contribution in [2.75, 3.05) is 26.3 Å². The molecule has 0 radical (unpaired) electrons. The van der Waals surface area contributed by atoms with Gasteiger partial charge in [0.25, 0.3) is 0 Å². The molecule has 0 amide bonds. The third-order valence-electron chi connectivity index (χ3n) is 5.82. The molecule has 36 heavy (non-hydrogen) atoms. The third kappa shape index (κ3) is 5.73. The van der Waals surface area contributed by atoms with Crippen LogP contribution in [0.25, 0.3) is 0 Å². The Morgan fingerprint density at radius 3 is 2.78 bits per heavy atom. The van der Waals surface area contributed by atoms with Gasteiger partial charge < -0.3 is 19.9 Å². The molecule has 1 aromatic carbocycles. The number of nitrogens with zero attached hydrogens (tertiary/aromatic N) is 3. The highest BCUT2D eigenvalue weighted by Gasteiger charge is 2.40. The summed E-state index contributed by atoms with van der Waals surface area (Å²) in [5.74, 6) is -1.13. The average Bonchev–Trinajstić information content (AvgIpc) is 3.33. The summed E-state index contributed by atoms with van der Waals surface area (Å²) in [7, 11) is 0. The van der Waals surface area contributed by atoms with Gasteiger partial charge >= 0.3 is 11.9 Å². The molecule has 2 atom stereocenters. The molecule has 192 valence electrons. The summed E-state index contributed by atoms with van der Waals surface area (Å²) in [4.78, 5) is 36.3. The van der Waals surface area contributed by atoms with Crippen LogP contribution in [-0.2, 0) is 19.1 Å². The van der Waals surface area contributed by atoms with Crippen molar-refractivity contribution < 1.29 is 24.2 Å². The van der Waals surface area contributed by atoms with E-state index in [4.69, 9.17) is 37.7 Å². The van der Waals surface area contributed by atoms with E-state index in [0.717, 1.165) is 0 Å². The second-order valence-electron chi connectivity index (χ2n) is 8.95. The number of benzene rings is 1. The van der Waals surface area contributed by atoms with Gasteiger partial charge in [0.1, 0.15) is 12.1 Å². The van der Waals surface area contributed by atoms with Crippen LogP contribution in [-0.4, -0.2) is 70.7 Å². The van der Waals surface area contributed by atoms with Crippen LogP contribution >= 0.6 is 34.5 Å². The largest absolute Gasteiger partial charge is 0.480 e. The number of aromatic nitrogens is 1. The lowest BCUT2D eigenvalue weighted by Crippen LogP contribution is -2.58. The monoisotopic (exact) mass is 552 g/mol. The second-order valence-corrected chi connectivity index (χ2v) is 10.7. The van der Waals surface area contributed by atoms with Crippen LogP contribution in [0.2, 0.25) is 10.0 Å². The Hall–Kier alpha value is -2.50. The number of ether oxygens (including phenoxy) is 2. The molecule has 0 bridgehead atoms. The maximum Gasteiger partial charge on any atom is 0.338 e. The first-order chi connectivity index (χ1) is 17.1. The number of carboxylic acid groups (broad SMARTS) is 1. The molecular formula is C24H26Cl2N4O5S. The van der Waals surface area contributed by atoms with E-state index in [0.29, 0.717) is 38.7 Å². The van der Waals surface area contributed by atoms with Crippen LogP contribution in [0.1, 0.15) is 37.4 Å². The molecule has 3 heterocycles. The van der Waals surface area contributed by atoms with Gasteiger partial charge in [-0.25, -0.2) is 9.78 Å². The van der Waals surface area contributed by atoms with Crippen molar-refractivity contribution >= 4 is 52.3 Å². The van der Waals surface area contributed by atoms with Crippen molar-refractivity contribution in [3.63, 3.8) is 0 Å².